The predicted octanol–water partition coefficient (Wildman–Crippen LogP) is 3.50. The first-order valence-electron chi connectivity index (χ1n) is 8.08. The van der Waals surface area contributed by atoms with E-state index in [1.165, 1.54) is 35.5 Å². The van der Waals surface area contributed by atoms with Crippen molar-refractivity contribution in [3.05, 3.63) is 40.6 Å². The molecule has 1 heterocycles. The lowest BCUT2D eigenvalue weighted by Gasteiger charge is -2.17. The van der Waals surface area contributed by atoms with E-state index in [9.17, 15) is 4.79 Å². The van der Waals surface area contributed by atoms with E-state index in [4.69, 9.17) is 28.1 Å². The van der Waals surface area contributed by atoms with E-state index in [2.05, 4.69) is 0 Å². The van der Waals surface area contributed by atoms with Gasteiger partial charge < -0.3 is 28.1 Å². The molecular weight excluding hydrogens is 352 g/mol. The van der Waals surface area contributed by atoms with E-state index in [0.29, 0.717) is 39.5 Å². The summed E-state index contributed by atoms with van der Waals surface area (Å²) in [6.07, 6.45) is 0. The van der Waals surface area contributed by atoms with Gasteiger partial charge in [-0.2, -0.15) is 0 Å². The number of benzene rings is 2. The van der Waals surface area contributed by atoms with E-state index in [1.54, 1.807) is 30.3 Å². The molecule has 0 N–H and O–H groups in total. The highest BCUT2D eigenvalue weighted by atomic mass is 16.5. The summed E-state index contributed by atoms with van der Waals surface area (Å²) in [6, 6.07) is 8.54. The van der Waals surface area contributed by atoms with E-state index in [1.807, 2.05) is 0 Å². The van der Waals surface area contributed by atoms with Crippen LogP contribution in [0.5, 0.6) is 28.7 Å². The number of hydrogen-bond acceptors (Lipinski definition) is 7. The van der Waals surface area contributed by atoms with Crippen molar-refractivity contribution in [2.45, 2.75) is 0 Å². The summed E-state index contributed by atoms with van der Waals surface area (Å²) in [4.78, 5) is 13.0. The lowest BCUT2D eigenvalue weighted by atomic mass is 10.1. The zero-order valence-corrected chi connectivity index (χ0v) is 15.7. The van der Waals surface area contributed by atoms with Crippen LogP contribution in [0.25, 0.3) is 22.3 Å². The van der Waals surface area contributed by atoms with E-state index in [-0.39, 0.29) is 16.9 Å². The SMILES string of the molecule is COc1ccc(-c2oc3cccc(OC)c3c(=O)c2OC)c(OC)c1OC. The molecule has 3 aromatic rings. The van der Waals surface area contributed by atoms with E-state index >= 15 is 0 Å². The molecule has 0 bridgehead atoms. The summed E-state index contributed by atoms with van der Waals surface area (Å²) in [7, 11) is 7.43. The van der Waals surface area contributed by atoms with Gasteiger partial charge in [-0.3, -0.25) is 4.79 Å². The molecule has 0 saturated carbocycles. The van der Waals surface area contributed by atoms with E-state index in [0.717, 1.165) is 0 Å². The fourth-order valence-corrected chi connectivity index (χ4v) is 3.01. The highest BCUT2D eigenvalue weighted by molar-refractivity contribution is 5.88. The average molecular weight is 372 g/mol. The molecule has 0 unspecified atom stereocenters. The van der Waals surface area contributed by atoms with Crippen LogP contribution in [0.15, 0.2) is 39.5 Å². The van der Waals surface area contributed by atoms with Crippen molar-refractivity contribution in [3.63, 3.8) is 0 Å². The molecule has 3 rings (SSSR count). The quantitative estimate of drug-likeness (QED) is 0.655. The van der Waals surface area contributed by atoms with Crippen molar-refractivity contribution in [2.75, 3.05) is 35.5 Å². The van der Waals surface area contributed by atoms with Crippen LogP contribution in [0, 0.1) is 0 Å². The van der Waals surface area contributed by atoms with Crippen molar-refractivity contribution in [1.82, 2.24) is 0 Å². The summed E-state index contributed by atoms with van der Waals surface area (Å²) in [5, 5.41) is 0.306. The Kier molecular flexibility index (Phi) is 5.12. The number of hydrogen-bond donors (Lipinski definition) is 0. The average Bonchev–Trinajstić information content (AvgIpc) is 2.71. The second-order valence-corrected chi connectivity index (χ2v) is 5.51. The van der Waals surface area contributed by atoms with Gasteiger partial charge in [0.2, 0.25) is 16.9 Å². The van der Waals surface area contributed by atoms with Crippen LogP contribution < -0.4 is 29.1 Å². The van der Waals surface area contributed by atoms with Gasteiger partial charge in [-0.25, -0.2) is 0 Å². The van der Waals surface area contributed by atoms with Gasteiger partial charge in [0.25, 0.3) is 0 Å². The molecule has 0 spiro atoms. The van der Waals surface area contributed by atoms with Gasteiger partial charge in [-0.1, -0.05) is 6.07 Å². The normalized spacial score (nSPS) is 10.6. The summed E-state index contributed by atoms with van der Waals surface area (Å²) in [5.74, 6) is 1.90. The van der Waals surface area contributed by atoms with Gasteiger partial charge in [0.05, 0.1) is 41.1 Å². The summed E-state index contributed by atoms with van der Waals surface area (Å²) in [5.41, 5.74) is 0.517. The van der Waals surface area contributed by atoms with Crippen molar-refractivity contribution >= 4 is 11.0 Å². The minimum Gasteiger partial charge on any atom is -0.496 e. The number of ether oxygens (including phenoxy) is 5. The Balaban J connectivity index is 2.41. The molecule has 0 saturated heterocycles. The first-order chi connectivity index (χ1) is 13.1. The minimum absolute atomic E-state index is 0.0394. The van der Waals surface area contributed by atoms with Crippen molar-refractivity contribution in [3.8, 4) is 40.1 Å². The molecule has 1 aromatic heterocycles. The van der Waals surface area contributed by atoms with Crippen LogP contribution in [-0.2, 0) is 0 Å². The Morgan fingerprint density at radius 2 is 1.37 bits per heavy atom. The molecule has 0 aliphatic heterocycles. The van der Waals surface area contributed by atoms with Crippen LogP contribution in [0.2, 0.25) is 0 Å². The van der Waals surface area contributed by atoms with Crippen LogP contribution in [0.4, 0.5) is 0 Å². The molecule has 7 heteroatoms. The van der Waals surface area contributed by atoms with Crippen LogP contribution in [0.3, 0.4) is 0 Å². The first-order valence-corrected chi connectivity index (χ1v) is 8.08. The third-order valence-corrected chi connectivity index (χ3v) is 4.21. The molecule has 0 atom stereocenters. The second kappa shape index (κ2) is 7.49. The molecule has 0 aliphatic carbocycles. The van der Waals surface area contributed by atoms with Gasteiger partial charge in [-0.15, -0.1) is 0 Å². The number of rotatable bonds is 6. The number of fused-ring (bicyclic) bond motifs is 1. The Hall–Kier alpha value is -3.35. The largest absolute Gasteiger partial charge is 0.496 e. The third-order valence-electron chi connectivity index (χ3n) is 4.21. The van der Waals surface area contributed by atoms with Crippen molar-refractivity contribution < 1.29 is 28.1 Å². The molecular formula is C20H20O7. The van der Waals surface area contributed by atoms with Crippen molar-refractivity contribution in [1.29, 1.82) is 0 Å². The zero-order chi connectivity index (χ0) is 19.6. The van der Waals surface area contributed by atoms with Crippen LogP contribution in [-0.4, -0.2) is 35.5 Å². The lowest BCUT2D eigenvalue weighted by Crippen LogP contribution is -2.09. The van der Waals surface area contributed by atoms with Crippen LogP contribution >= 0.6 is 0 Å². The molecule has 0 amide bonds. The first kappa shape index (κ1) is 18.4. The maximum atomic E-state index is 13.0. The van der Waals surface area contributed by atoms with Gasteiger partial charge >= 0.3 is 0 Å². The molecule has 0 fully saturated rings. The van der Waals surface area contributed by atoms with Gasteiger partial charge in [0.15, 0.2) is 17.3 Å². The fourth-order valence-electron chi connectivity index (χ4n) is 3.01. The highest BCUT2D eigenvalue weighted by Gasteiger charge is 2.25. The Labute approximate surface area is 156 Å². The Morgan fingerprint density at radius 3 is 1.96 bits per heavy atom. The predicted molar refractivity (Wildman–Crippen MR) is 101 cm³/mol. The molecule has 0 aliphatic rings. The molecule has 2 aromatic carbocycles. The highest BCUT2D eigenvalue weighted by Crippen LogP contribution is 2.46. The molecule has 142 valence electrons. The Bertz CT molecular complexity index is 1040. The summed E-state index contributed by atoms with van der Waals surface area (Å²) in [6.45, 7) is 0. The minimum atomic E-state index is -0.344. The summed E-state index contributed by atoms with van der Waals surface area (Å²) < 4.78 is 32.9. The standard InChI is InChI=1S/C20H20O7/c1-22-12-7-6-8-13-15(12)16(21)20(26-5)18(27-13)11-9-10-14(23-2)19(25-4)17(11)24-3/h6-10H,1-5H3. The maximum absolute atomic E-state index is 13.0. The zero-order valence-electron chi connectivity index (χ0n) is 15.7. The third kappa shape index (κ3) is 2.91. The summed E-state index contributed by atoms with van der Waals surface area (Å²) >= 11 is 0. The molecule has 27 heavy (non-hydrogen) atoms. The topological polar surface area (TPSA) is 76.4 Å². The smallest absolute Gasteiger partial charge is 0.239 e. The maximum Gasteiger partial charge on any atom is 0.239 e. The Morgan fingerprint density at radius 1 is 0.704 bits per heavy atom. The lowest BCUT2D eigenvalue weighted by molar-refractivity contribution is 0.324. The van der Waals surface area contributed by atoms with Crippen LogP contribution in [0.1, 0.15) is 0 Å². The van der Waals surface area contributed by atoms with Crippen molar-refractivity contribution in [2.24, 2.45) is 0 Å². The van der Waals surface area contributed by atoms with Gasteiger partial charge in [0, 0.05) is 0 Å². The van der Waals surface area contributed by atoms with E-state index < -0.39 is 0 Å². The van der Waals surface area contributed by atoms with Gasteiger partial charge in [0.1, 0.15) is 16.7 Å². The number of methoxy groups -OCH3 is 5. The fraction of sp³-hybridized carbons (Fsp3) is 0.250. The second-order valence-electron chi connectivity index (χ2n) is 5.51. The molecule has 0 radical (unpaired) electrons. The van der Waals surface area contributed by atoms with Gasteiger partial charge in [-0.05, 0) is 24.3 Å². The monoisotopic (exact) mass is 372 g/mol. The molecule has 7 nitrogen and oxygen atoms in total.